The van der Waals surface area contributed by atoms with E-state index in [1.165, 1.54) is 30.5 Å². The van der Waals surface area contributed by atoms with Gasteiger partial charge in [-0.15, -0.1) is 0 Å². The Hall–Kier alpha value is -1.52. The van der Waals surface area contributed by atoms with E-state index in [4.69, 9.17) is 11.6 Å². The Morgan fingerprint density at radius 1 is 1.21 bits per heavy atom. The summed E-state index contributed by atoms with van der Waals surface area (Å²) in [4.78, 5) is 3.70. The lowest BCUT2D eigenvalue weighted by Gasteiger charge is -2.20. The molecule has 1 aromatic heterocycles. The van der Waals surface area contributed by atoms with Gasteiger partial charge in [0.2, 0.25) is 0 Å². The molecule has 0 spiro atoms. The van der Waals surface area contributed by atoms with Crippen LogP contribution in [0.1, 0.15) is 24.1 Å². The number of pyridine rings is 1. The third-order valence-electron chi connectivity index (χ3n) is 2.79. The summed E-state index contributed by atoms with van der Waals surface area (Å²) in [5.41, 5.74) is 0.664. The van der Waals surface area contributed by atoms with Crippen molar-refractivity contribution < 1.29 is 8.78 Å². The average Bonchev–Trinajstić information content (AvgIpc) is 2.40. The van der Waals surface area contributed by atoms with E-state index in [9.17, 15) is 8.78 Å². The van der Waals surface area contributed by atoms with Gasteiger partial charge in [-0.25, -0.2) is 8.78 Å². The molecule has 0 aliphatic carbocycles. The zero-order chi connectivity index (χ0) is 13.8. The molecule has 0 amide bonds. The third kappa shape index (κ3) is 3.08. The van der Waals surface area contributed by atoms with Gasteiger partial charge in [0, 0.05) is 22.3 Å². The van der Waals surface area contributed by atoms with E-state index in [-0.39, 0.29) is 0 Å². The van der Waals surface area contributed by atoms with Crippen LogP contribution in [-0.2, 0) is 0 Å². The van der Waals surface area contributed by atoms with Crippen molar-refractivity contribution in [3.05, 3.63) is 64.4 Å². The van der Waals surface area contributed by atoms with E-state index in [0.29, 0.717) is 22.7 Å². The highest BCUT2D eigenvalue weighted by Crippen LogP contribution is 2.28. The fourth-order valence-electron chi connectivity index (χ4n) is 1.95. The molecule has 100 valence electrons. The first-order valence-electron chi connectivity index (χ1n) is 5.91. The van der Waals surface area contributed by atoms with Crippen LogP contribution in [0.3, 0.4) is 0 Å². The number of aromatic nitrogens is 1. The van der Waals surface area contributed by atoms with Gasteiger partial charge in [0.25, 0.3) is 0 Å². The van der Waals surface area contributed by atoms with Crippen molar-refractivity contribution in [1.82, 2.24) is 10.3 Å². The minimum absolute atomic E-state index is 0.319. The summed E-state index contributed by atoms with van der Waals surface area (Å²) < 4.78 is 27.7. The van der Waals surface area contributed by atoms with Gasteiger partial charge < -0.3 is 5.32 Å². The average molecular weight is 283 g/mol. The van der Waals surface area contributed by atoms with Gasteiger partial charge in [0.1, 0.15) is 11.6 Å². The van der Waals surface area contributed by atoms with Gasteiger partial charge in [0.05, 0.1) is 12.2 Å². The third-order valence-corrected chi connectivity index (χ3v) is 3.03. The maximum atomic E-state index is 13.9. The molecule has 2 rings (SSSR count). The molecule has 0 bridgehead atoms. The lowest BCUT2D eigenvalue weighted by Crippen LogP contribution is -2.24. The monoisotopic (exact) mass is 282 g/mol. The van der Waals surface area contributed by atoms with Gasteiger partial charge in [0.15, 0.2) is 0 Å². The molecule has 0 aliphatic rings. The minimum atomic E-state index is -0.591. The van der Waals surface area contributed by atoms with Crippen LogP contribution in [0.15, 0.2) is 36.7 Å². The largest absolute Gasteiger partial charge is 0.306 e. The molecule has 0 saturated carbocycles. The van der Waals surface area contributed by atoms with Gasteiger partial charge >= 0.3 is 0 Å². The number of nitrogens with zero attached hydrogens (tertiary/aromatic N) is 1. The van der Waals surface area contributed by atoms with E-state index in [1.54, 1.807) is 0 Å². The van der Waals surface area contributed by atoms with Crippen LogP contribution in [-0.4, -0.2) is 11.5 Å². The van der Waals surface area contributed by atoms with Crippen LogP contribution in [0.2, 0.25) is 5.02 Å². The fraction of sp³-hybridized carbons (Fsp3) is 0.214. The van der Waals surface area contributed by atoms with Crippen LogP contribution < -0.4 is 5.32 Å². The van der Waals surface area contributed by atoms with Crippen LogP contribution in [0.5, 0.6) is 0 Å². The Balaban J connectivity index is 2.51. The number of benzene rings is 1. The second-order valence-electron chi connectivity index (χ2n) is 4.05. The number of hydrogen-bond acceptors (Lipinski definition) is 2. The van der Waals surface area contributed by atoms with Crippen molar-refractivity contribution in [2.75, 3.05) is 6.54 Å². The predicted octanol–water partition coefficient (Wildman–Crippen LogP) is 3.71. The molecule has 0 radical (unpaired) electrons. The molecule has 1 atom stereocenters. The van der Waals surface area contributed by atoms with Crippen molar-refractivity contribution in [2.45, 2.75) is 13.0 Å². The summed E-state index contributed by atoms with van der Waals surface area (Å²) in [7, 11) is 0. The molecule has 0 aliphatic heterocycles. The highest BCUT2D eigenvalue weighted by atomic mass is 35.5. The smallest absolute Gasteiger partial charge is 0.146 e. The number of rotatable bonds is 4. The molecule has 1 aromatic carbocycles. The fourth-order valence-corrected chi connectivity index (χ4v) is 2.13. The second kappa shape index (κ2) is 6.08. The lowest BCUT2D eigenvalue weighted by atomic mass is 9.98. The quantitative estimate of drug-likeness (QED) is 0.925. The van der Waals surface area contributed by atoms with E-state index < -0.39 is 17.7 Å². The van der Waals surface area contributed by atoms with E-state index in [0.717, 1.165) is 6.20 Å². The molecular weight excluding hydrogens is 270 g/mol. The maximum Gasteiger partial charge on any atom is 0.146 e. The van der Waals surface area contributed by atoms with Crippen molar-refractivity contribution in [3.63, 3.8) is 0 Å². The van der Waals surface area contributed by atoms with Crippen molar-refractivity contribution in [1.29, 1.82) is 0 Å². The minimum Gasteiger partial charge on any atom is -0.306 e. The summed E-state index contributed by atoms with van der Waals surface area (Å²) in [6.45, 7) is 2.44. The van der Waals surface area contributed by atoms with E-state index in [2.05, 4.69) is 10.3 Å². The van der Waals surface area contributed by atoms with E-state index >= 15 is 0 Å². The Morgan fingerprint density at radius 2 is 2.00 bits per heavy atom. The predicted molar refractivity (Wildman–Crippen MR) is 71.1 cm³/mol. The first-order valence-corrected chi connectivity index (χ1v) is 6.29. The topological polar surface area (TPSA) is 24.9 Å². The number of hydrogen-bond donors (Lipinski definition) is 1. The van der Waals surface area contributed by atoms with Crippen LogP contribution >= 0.6 is 11.6 Å². The molecule has 19 heavy (non-hydrogen) atoms. The molecule has 1 unspecified atom stereocenters. The van der Waals surface area contributed by atoms with Gasteiger partial charge in [-0.2, -0.15) is 0 Å². The summed E-state index contributed by atoms with van der Waals surface area (Å²) >= 11 is 5.89. The molecular formula is C14H13ClF2N2. The Bertz CT molecular complexity index is 575. The first-order chi connectivity index (χ1) is 9.13. The summed E-state index contributed by atoms with van der Waals surface area (Å²) in [5.74, 6) is -0.903. The molecule has 1 N–H and O–H groups in total. The van der Waals surface area contributed by atoms with Gasteiger partial charge in [-0.05, 0) is 30.8 Å². The number of nitrogens with one attached hydrogen (secondary N) is 1. The molecule has 0 fully saturated rings. The number of halogens is 3. The molecule has 2 nitrogen and oxygen atoms in total. The van der Waals surface area contributed by atoms with Crippen LogP contribution in [0.4, 0.5) is 8.78 Å². The summed E-state index contributed by atoms with van der Waals surface area (Å²) in [6, 6.07) is 5.19. The lowest BCUT2D eigenvalue weighted by molar-refractivity contribution is 0.528. The molecule has 2 aromatic rings. The van der Waals surface area contributed by atoms with Crippen LogP contribution in [0.25, 0.3) is 0 Å². The summed E-state index contributed by atoms with van der Waals surface area (Å²) in [5, 5.41) is 3.47. The van der Waals surface area contributed by atoms with Crippen LogP contribution in [0, 0.1) is 11.6 Å². The normalized spacial score (nSPS) is 12.4. The molecule has 0 saturated heterocycles. The Kier molecular flexibility index (Phi) is 4.45. The highest BCUT2D eigenvalue weighted by molar-refractivity contribution is 6.30. The Labute approximate surface area is 115 Å². The zero-order valence-electron chi connectivity index (χ0n) is 10.3. The summed E-state index contributed by atoms with van der Waals surface area (Å²) in [6.07, 6.45) is 2.59. The van der Waals surface area contributed by atoms with Crippen molar-refractivity contribution >= 4 is 11.6 Å². The van der Waals surface area contributed by atoms with Gasteiger partial charge in [-0.1, -0.05) is 18.5 Å². The molecule has 1 heterocycles. The zero-order valence-corrected chi connectivity index (χ0v) is 11.1. The maximum absolute atomic E-state index is 13.9. The van der Waals surface area contributed by atoms with Crippen molar-refractivity contribution in [2.24, 2.45) is 0 Å². The SMILES string of the molecule is CCNC(c1ccncc1F)c1cc(Cl)ccc1F. The first kappa shape index (κ1) is 13.9. The van der Waals surface area contributed by atoms with Crippen molar-refractivity contribution in [3.8, 4) is 0 Å². The standard InChI is InChI=1S/C14H13ClF2N2/c1-2-19-14(10-5-6-18-8-13(10)17)11-7-9(15)3-4-12(11)16/h3-8,14,19H,2H2,1H3. The van der Waals surface area contributed by atoms with Gasteiger partial charge in [-0.3, -0.25) is 4.98 Å². The second-order valence-corrected chi connectivity index (χ2v) is 4.49. The van der Waals surface area contributed by atoms with E-state index in [1.807, 2.05) is 6.92 Å². The molecule has 5 heteroatoms. The Morgan fingerprint density at radius 3 is 2.68 bits per heavy atom. The highest BCUT2D eigenvalue weighted by Gasteiger charge is 2.20.